The molecule has 0 heteroatoms. The Morgan fingerprint density at radius 2 is 1.93 bits per heavy atom. The Labute approximate surface area is 88.4 Å². The van der Waals surface area contributed by atoms with E-state index in [4.69, 9.17) is 0 Å². The third kappa shape index (κ3) is 3.53. The van der Waals surface area contributed by atoms with Gasteiger partial charge in [0.05, 0.1) is 0 Å². The highest BCUT2D eigenvalue weighted by Gasteiger charge is 1.99. The van der Waals surface area contributed by atoms with Gasteiger partial charge in [-0.3, -0.25) is 0 Å². The molecule has 0 saturated heterocycles. The normalized spacial score (nSPS) is 10.9. The minimum absolute atomic E-state index is 0.654. The Balaban J connectivity index is 2.55. The average molecular weight is 190 g/mol. The molecule has 0 radical (unpaired) electrons. The predicted molar refractivity (Wildman–Crippen MR) is 63.8 cm³/mol. The molecular weight excluding hydrogens is 168 g/mol. The Morgan fingerprint density at radius 1 is 1.14 bits per heavy atom. The monoisotopic (exact) mass is 190 g/mol. The van der Waals surface area contributed by atoms with Crippen LogP contribution in [0.2, 0.25) is 0 Å². The molecule has 0 aromatic heterocycles. The lowest BCUT2D eigenvalue weighted by atomic mass is 9.98. The van der Waals surface area contributed by atoms with Crippen molar-refractivity contribution in [3.05, 3.63) is 35.4 Å². The van der Waals surface area contributed by atoms with Gasteiger partial charge in [0.25, 0.3) is 0 Å². The third-order valence-electron chi connectivity index (χ3n) is 2.69. The number of unbranched alkanes of at least 4 members (excludes halogenated alkanes) is 2. The van der Waals surface area contributed by atoms with Crippen LogP contribution in [0.25, 0.3) is 0 Å². The lowest BCUT2D eigenvalue weighted by Gasteiger charge is -2.07. The van der Waals surface area contributed by atoms with Gasteiger partial charge in [0, 0.05) is 0 Å². The molecule has 78 valence electrons. The van der Waals surface area contributed by atoms with Crippen LogP contribution in [0.3, 0.4) is 0 Å². The zero-order valence-electron chi connectivity index (χ0n) is 9.72. The molecule has 0 unspecified atom stereocenters. The summed E-state index contributed by atoms with van der Waals surface area (Å²) in [7, 11) is 0. The van der Waals surface area contributed by atoms with Crippen LogP contribution in [0.5, 0.6) is 0 Å². The van der Waals surface area contributed by atoms with Gasteiger partial charge >= 0.3 is 0 Å². The second-order valence-electron chi connectivity index (χ2n) is 4.36. The molecule has 0 heterocycles. The molecule has 0 spiro atoms. The standard InChI is InChI=1S/C14H22/c1-4-5-6-8-13-9-7-10-14(11-13)12(2)3/h7,9-12H,4-6,8H2,1-3H3. The molecule has 0 saturated carbocycles. The van der Waals surface area contributed by atoms with Crippen molar-refractivity contribution in [3.63, 3.8) is 0 Å². The summed E-state index contributed by atoms with van der Waals surface area (Å²) in [5.41, 5.74) is 2.98. The summed E-state index contributed by atoms with van der Waals surface area (Å²) in [6, 6.07) is 9.03. The summed E-state index contributed by atoms with van der Waals surface area (Å²) < 4.78 is 0. The van der Waals surface area contributed by atoms with Crippen molar-refractivity contribution in [2.75, 3.05) is 0 Å². The lowest BCUT2D eigenvalue weighted by molar-refractivity contribution is 0.716. The first-order valence-corrected chi connectivity index (χ1v) is 5.83. The fourth-order valence-corrected chi connectivity index (χ4v) is 1.69. The van der Waals surface area contributed by atoms with Gasteiger partial charge in [0.1, 0.15) is 0 Å². The van der Waals surface area contributed by atoms with Gasteiger partial charge in [-0.1, -0.05) is 57.9 Å². The second-order valence-corrected chi connectivity index (χ2v) is 4.36. The van der Waals surface area contributed by atoms with Crippen LogP contribution >= 0.6 is 0 Å². The Kier molecular flexibility index (Phi) is 4.72. The first kappa shape index (κ1) is 11.3. The molecule has 14 heavy (non-hydrogen) atoms. The molecule has 0 fully saturated rings. The molecule has 0 amide bonds. The van der Waals surface area contributed by atoms with Crippen LogP contribution < -0.4 is 0 Å². The van der Waals surface area contributed by atoms with Gasteiger partial charge in [0.2, 0.25) is 0 Å². The second kappa shape index (κ2) is 5.85. The topological polar surface area (TPSA) is 0 Å². The van der Waals surface area contributed by atoms with Crippen molar-refractivity contribution in [1.82, 2.24) is 0 Å². The summed E-state index contributed by atoms with van der Waals surface area (Å²) in [5, 5.41) is 0. The zero-order valence-corrected chi connectivity index (χ0v) is 9.72. The molecule has 0 aliphatic carbocycles. The van der Waals surface area contributed by atoms with Gasteiger partial charge in [-0.25, -0.2) is 0 Å². The smallest absolute Gasteiger partial charge is 0.0219 e. The molecule has 1 aromatic carbocycles. The van der Waals surface area contributed by atoms with E-state index in [0.717, 1.165) is 0 Å². The fraction of sp³-hybridized carbons (Fsp3) is 0.571. The maximum absolute atomic E-state index is 2.36. The third-order valence-corrected chi connectivity index (χ3v) is 2.69. The van der Waals surface area contributed by atoms with E-state index in [2.05, 4.69) is 45.0 Å². The minimum Gasteiger partial charge on any atom is -0.0654 e. The number of aryl methyl sites for hydroxylation is 1. The number of benzene rings is 1. The van der Waals surface area contributed by atoms with Crippen LogP contribution in [0.15, 0.2) is 24.3 Å². The average Bonchev–Trinajstić information content (AvgIpc) is 2.19. The molecule has 1 aromatic rings. The minimum atomic E-state index is 0.654. The van der Waals surface area contributed by atoms with E-state index in [0.29, 0.717) is 5.92 Å². The van der Waals surface area contributed by atoms with Crippen LogP contribution in [0.1, 0.15) is 57.1 Å². The largest absolute Gasteiger partial charge is 0.0654 e. The van der Waals surface area contributed by atoms with E-state index in [1.54, 1.807) is 0 Å². The molecule has 0 bridgehead atoms. The van der Waals surface area contributed by atoms with Gasteiger partial charge in [-0.05, 0) is 29.9 Å². The van der Waals surface area contributed by atoms with Crippen LogP contribution in [-0.2, 0) is 6.42 Å². The molecule has 0 aliphatic heterocycles. The lowest BCUT2D eigenvalue weighted by Crippen LogP contribution is -1.91. The highest BCUT2D eigenvalue weighted by Crippen LogP contribution is 2.16. The van der Waals surface area contributed by atoms with Crippen LogP contribution in [-0.4, -0.2) is 0 Å². The van der Waals surface area contributed by atoms with Gasteiger partial charge in [0.15, 0.2) is 0 Å². The van der Waals surface area contributed by atoms with Crippen molar-refractivity contribution in [2.24, 2.45) is 0 Å². The highest BCUT2D eigenvalue weighted by molar-refractivity contribution is 5.25. The fourth-order valence-electron chi connectivity index (χ4n) is 1.69. The Bertz CT molecular complexity index is 260. The summed E-state index contributed by atoms with van der Waals surface area (Å²) in [5.74, 6) is 0.654. The van der Waals surface area contributed by atoms with Crippen LogP contribution in [0, 0.1) is 0 Å². The molecule has 0 atom stereocenters. The van der Waals surface area contributed by atoms with E-state index in [-0.39, 0.29) is 0 Å². The van der Waals surface area contributed by atoms with E-state index in [9.17, 15) is 0 Å². The van der Waals surface area contributed by atoms with Gasteiger partial charge in [-0.2, -0.15) is 0 Å². The van der Waals surface area contributed by atoms with E-state index in [1.165, 1.54) is 36.8 Å². The van der Waals surface area contributed by atoms with Crippen molar-refractivity contribution < 1.29 is 0 Å². The molecule has 1 rings (SSSR count). The van der Waals surface area contributed by atoms with E-state index in [1.807, 2.05) is 0 Å². The summed E-state index contributed by atoms with van der Waals surface area (Å²) >= 11 is 0. The van der Waals surface area contributed by atoms with Crippen molar-refractivity contribution in [1.29, 1.82) is 0 Å². The molecular formula is C14H22. The van der Waals surface area contributed by atoms with Crippen molar-refractivity contribution >= 4 is 0 Å². The van der Waals surface area contributed by atoms with Crippen LogP contribution in [0.4, 0.5) is 0 Å². The predicted octanol–water partition coefficient (Wildman–Crippen LogP) is 4.54. The quantitative estimate of drug-likeness (QED) is 0.598. The number of hydrogen-bond donors (Lipinski definition) is 0. The molecule has 0 nitrogen and oxygen atoms in total. The maximum Gasteiger partial charge on any atom is -0.0219 e. The summed E-state index contributed by atoms with van der Waals surface area (Å²) in [4.78, 5) is 0. The van der Waals surface area contributed by atoms with Gasteiger partial charge in [-0.15, -0.1) is 0 Å². The highest BCUT2D eigenvalue weighted by atomic mass is 14.0. The first-order chi connectivity index (χ1) is 6.74. The van der Waals surface area contributed by atoms with Crippen molar-refractivity contribution in [3.8, 4) is 0 Å². The zero-order chi connectivity index (χ0) is 10.4. The Morgan fingerprint density at radius 3 is 2.57 bits per heavy atom. The Hall–Kier alpha value is -0.780. The maximum atomic E-state index is 2.36. The SMILES string of the molecule is CCCCCc1cccc(C(C)C)c1. The molecule has 0 aliphatic rings. The summed E-state index contributed by atoms with van der Waals surface area (Å²) in [6.07, 6.45) is 5.24. The summed E-state index contributed by atoms with van der Waals surface area (Å²) in [6.45, 7) is 6.76. The van der Waals surface area contributed by atoms with Gasteiger partial charge < -0.3 is 0 Å². The van der Waals surface area contributed by atoms with Crippen molar-refractivity contribution in [2.45, 2.75) is 52.4 Å². The van der Waals surface area contributed by atoms with E-state index < -0.39 is 0 Å². The first-order valence-electron chi connectivity index (χ1n) is 5.83. The van der Waals surface area contributed by atoms with E-state index >= 15 is 0 Å². The molecule has 0 N–H and O–H groups in total. The number of rotatable bonds is 5. The number of hydrogen-bond acceptors (Lipinski definition) is 0.